The maximum absolute atomic E-state index is 12.6. The quantitative estimate of drug-likeness (QED) is 0.746. The number of sulfonamides is 1. The Kier molecular flexibility index (Phi) is 6.80. The third kappa shape index (κ3) is 5.17. The molecule has 7 nitrogen and oxygen atoms in total. The van der Waals surface area contributed by atoms with Gasteiger partial charge in [0.05, 0.1) is 11.5 Å². The van der Waals surface area contributed by atoms with Crippen LogP contribution in [0.3, 0.4) is 0 Å². The maximum atomic E-state index is 12.6. The predicted octanol–water partition coefficient (Wildman–Crippen LogP) is 1.31. The average molecular weight is 370 g/mol. The molecular weight excluding hydrogens is 344 g/mol. The summed E-state index contributed by atoms with van der Waals surface area (Å²) in [6.45, 7) is 5.04. The number of methoxy groups -OCH3 is 1. The Morgan fingerprint density at radius 1 is 1.32 bits per heavy atom. The minimum absolute atomic E-state index is 0.102. The molecule has 1 saturated heterocycles. The highest BCUT2D eigenvalue weighted by molar-refractivity contribution is 7.89. The first kappa shape index (κ1) is 19.7. The molecule has 1 N–H and O–H groups in total. The zero-order chi connectivity index (χ0) is 18.4. The molecule has 0 aromatic heterocycles. The van der Waals surface area contributed by atoms with E-state index in [1.54, 1.807) is 26.2 Å². The lowest BCUT2D eigenvalue weighted by atomic mass is 10.2. The molecule has 0 saturated carbocycles. The Bertz CT molecular complexity index is 699. The molecule has 25 heavy (non-hydrogen) atoms. The molecule has 1 aromatic carbocycles. The van der Waals surface area contributed by atoms with Crippen molar-refractivity contribution in [3.8, 4) is 5.75 Å². The van der Waals surface area contributed by atoms with Gasteiger partial charge in [-0.25, -0.2) is 8.42 Å². The summed E-state index contributed by atoms with van der Waals surface area (Å²) in [7, 11) is -1.88. The molecule has 0 radical (unpaired) electrons. The van der Waals surface area contributed by atoms with Gasteiger partial charge < -0.3 is 14.8 Å². The standard InChI is InChI=1S/C17H26N2O5S/c1-13-10-15(25(21,22)19-8-4-5-9-19)6-7-16(13)24-12-17(20)18-14(2)11-23-3/h6-7,10,14H,4-5,8-9,11-12H2,1-3H3,(H,18,20)/t14-/m1/s1. The first-order valence-corrected chi connectivity index (χ1v) is 9.80. The number of ether oxygens (including phenoxy) is 2. The Hall–Kier alpha value is -1.64. The van der Waals surface area contributed by atoms with E-state index in [0.717, 1.165) is 12.8 Å². The average Bonchev–Trinajstić information content (AvgIpc) is 3.09. The molecule has 140 valence electrons. The summed E-state index contributed by atoms with van der Waals surface area (Å²) in [6, 6.07) is 4.62. The van der Waals surface area contributed by atoms with Gasteiger partial charge in [-0.15, -0.1) is 0 Å². The van der Waals surface area contributed by atoms with Crippen LogP contribution in [0.2, 0.25) is 0 Å². The van der Waals surface area contributed by atoms with Crippen LogP contribution in [-0.2, 0) is 19.6 Å². The SMILES string of the molecule is COC[C@@H](C)NC(=O)COc1ccc(S(=O)(=O)N2CCCC2)cc1C. The van der Waals surface area contributed by atoms with E-state index in [2.05, 4.69) is 5.32 Å². The molecule has 2 rings (SSSR count). The van der Waals surface area contributed by atoms with E-state index >= 15 is 0 Å². The number of benzene rings is 1. The van der Waals surface area contributed by atoms with E-state index in [1.165, 1.54) is 10.4 Å². The first-order chi connectivity index (χ1) is 11.8. The fourth-order valence-electron chi connectivity index (χ4n) is 2.77. The molecule has 1 amide bonds. The van der Waals surface area contributed by atoms with Crippen LogP contribution in [0.4, 0.5) is 0 Å². The molecule has 1 atom stereocenters. The number of nitrogens with zero attached hydrogens (tertiary/aromatic N) is 1. The molecule has 0 aliphatic carbocycles. The van der Waals surface area contributed by atoms with Crippen LogP contribution in [0.15, 0.2) is 23.1 Å². The molecule has 1 heterocycles. The highest BCUT2D eigenvalue weighted by Crippen LogP contribution is 2.26. The number of amides is 1. The Morgan fingerprint density at radius 3 is 2.60 bits per heavy atom. The fourth-order valence-corrected chi connectivity index (χ4v) is 4.38. The summed E-state index contributed by atoms with van der Waals surface area (Å²) < 4.78 is 37.1. The lowest BCUT2D eigenvalue weighted by molar-refractivity contribution is -0.124. The van der Waals surface area contributed by atoms with Crippen molar-refractivity contribution in [3.63, 3.8) is 0 Å². The lowest BCUT2D eigenvalue weighted by Crippen LogP contribution is -2.38. The third-order valence-electron chi connectivity index (χ3n) is 4.03. The molecule has 1 aromatic rings. The molecule has 0 bridgehead atoms. The van der Waals surface area contributed by atoms with Crippen LogP contribution >= 0.6 is 0 Å². The van der Waals surface area contributed by atoms with Crippen molar-refractivity contribution in [2.75, 3.05) is 33.4 Å². The Balaban J connectivity index is 1.99. The van der Waals surface area contributed by atoms with Crippen LogP contribution in [0.25, 0.3) is 0 Å². The normalized spacial score (nSPS) is 16.6. The van der Waals surface area contributed by atoms with Gasteiger partial charge in [0.2, 0.25) is 10.0 Å². The van der Waals surface area contributed by atoms with Crippen LogP contribution in [0.5, 0.6) is 5.75 Å². The molecule has 1 fully saturated rings. The van der Waals surface area contributed by atoms with Crippen molar-refractivity contribution in [1.82, 2.24) is 9.62 Å². The van der Waals surface area contributed by atoms with Crippen molar-refractivity contribution in [2.45, 2.75) is 37.6 Å². The third-order valence-corrected chi connectivity index (χ3v) is 5.93. The minimum Gasteiger partial charge on any atom is -0.484 e. The van der Waals surface area contributed by atoms with Gasteiger partial charge >= 0.3 is 0 Å². The van der Waals surface area contributed by atoms with Crippen molar-refractivity contribution >= 4 is 15.9 Å². The van der Waals surface area contributed by atoms with E-state index in [-0.39, 0.29) is 23.5 Å². The molecule has 8 heteroatoms. The van der Waals surface area contributed by atoms with Gasteiger partial charge in [-0.1, -0.05) is 0 Å². The smallest absolute Gasteiger partial charge is 0.258 e. The predicted molar refractivity (Wildman–Crippen MR) is 94.1 cm³/mol. The van der Waals surface area contributed by atoms with Crippen molar-refractivity contribution in [2.24, 2.45) is 0 Å². The maximum Gasteiger partial charge on any atom is 0.258 e. The summed E-state index contributed by atoms with van der Waals surface area (Å²) in [4.78, 5) is 12.1. The molecule has 0 spiro atoms. The molecule has 0 unspecified atom stereocenters. The fraction of sp³-hybridized carbons (Fsp3) is 0.588. The van der Waals surface area contributed by atoms with Gasteiger partial charge in [-0.05, 0) is 50.5 Å². The van der Waals surface area contributed by atoms with Crippen LogP contribution in [-0.4, -0.2) is 58.1 Å². The van der Waals surface area contributed by atoms with E-state index in [4.69, 9.17) is 9.47 Å². The molecular formula is C17H26N2O5S. The second kappa shape index (κ2) is 8.64. The topological polar surface area (TPSA) is 84.9 Å². The van der Waals surface area contributed by atoms with Gasteiger partial charge in [0.1, 0.15) is 5.75 Å². The number of carbonyl (C=O) groups excluding carboxylic acids is 1. The van der Waals surface area contributed by atoms with Gasteiger partial charge in [0, 0.05) is 26.2 Å². The van der Waals surface area contributed by atoms with Gasteiger partial charge in [0.15, 0.2) is 6.61 Å². The van der Waals surface area contributed by atoms with Gasteiger partial charge in [-0.3, -0.25) is 4.79 Å². The van der Waals surface area contributed by atoms with Crippen LogP contribution in [0.1, 0.15) is 25.3 Å². The minimum atomic E-state index is -3.45. The van der Waals surface area contributed by atoms with E-state index in [1.807, 2.05) is 6.92 Å². The number of hydrogen-bond acceptors (Lipinski definition) is 5. The van der Waals surface area contributed by atoms with Crippen molar-refractivity contribution < 1.29 is 22.7 Å². The summed E-state index contributed by atoms with van der Waals surface area (Å²) in [5.74, 6) is 0.243. The number of nitrogens with one attached hydrogen (secondary N) is 1. The monoisotopic (exact) mass is 370 g/mol. The molecule has 1 aliphatic rings. The Morgan fingerprint density at radius 2 is 2.00 bits per heavy atom. The molecule has 1 aliphatic heterocycles. The van der Waals surface area contributed by atoms with Crippen molar-refractivity contribution in [1.29, 1.82) is 0 Å². The number of hydrogen-bond donors (Lipinski definition) is 1. The summed E-state index contributed by atoms with van der Waals surface area (Å²) in [5.41, 5.74) is 0.679. The zero-order valence-electron chi connectivity index (χ0n) is 14.9. The second-order valence-corrected chi connectivity index (χ2v) is 8.19. The van der Waals surface area contributed by atoms with E-state index in [9.17, 15) is 13.2 Å². The first-order valence-electron chi connectivity index (χ1n) is 8.36. The largest absolute Gasteiger partial charge is 0.484 e. The van der Waals surface area contributed by atoms with Crippen LogP contribution < -0.4 is 10.1 Å². The van der Waals surface area contributed by atoms with Gasteiger partial charge in [-0.2, -0.15) is 4.31 Å². The van der Waals surface area contributed by atoms with Crippen molar-refractivity contribution in [3.05, 3.63) is 23.8 Å². The Labute approximate surface area is 149 Å². The summed E-state index contributed by atoms with van der Waals surface area (Å²) in [6.07, 6.45) is 1.80. The highest BCUT2D eigenvalue weighted by atomic mass is 32.2. The summed E-state index contributed by atoms with van der Waals surface area (Å²) >= 11 is 0. The van der Waals surface area contributed by atoms with Gasteiger partial charge in [0.25, 0.3) is 5.91 Å². The summed E-state index contributed by atoms with van der Waals surface area (Å²) in [5, 5.41) is 2.75. The number of carbonyl (C=O) groups is 1. The van der Waals surface area contributed by atoms with E-state index < -0.39 is 10.0 Å². The van der Waals surface area contributed by atoms with E-state index in [0.29, 0.717) is 31.0 Å². The number of rotatable bonds is 8. The van der Waals surface area contributed by atoms with Crippen LogP contribution in [0, 0.1) is 6.92 Å². The lowest BCUT2D eigenvalue weighted by Gasteiger charge is -2.17. The number of aryl methyl sites for hydroxylation is 1. The second-order valence-electron chi connectivity index (χ2n) is 6.25. The zero-order valence-corrected chi connectivity index (χ0v) is 15.8. The highest BCUT2D eigenvalue weighted by Gasteiger charge is 2.27.